The lowest BCUT2D eigenvalue weighted by Gasteiger charge is -2.56. The number of esters is 1. The van der Waals surface area contributed by atoms with Gasteiger partial charge in [-0.15, -0.1) is 0 Å². The van der Waals surface area contributed by atoms with Gasteiger partial charge in [0.2, 0.25) is 0 Å². The molecule has 1 aliphatic heterocycles. The Morgan fingerprint density at radius 2 is 1.61 bits per heavy atom. The van der Waals surface area contributed by atoms with Crippen LogP contribution in [-0.2, 0) is 20.8 Å². The van der Waals surface area contributed by atoms with Crippen LogP contribution < -0.4 is 10.2 Å². The van der Waals surface area contributed by atoms with Gasteiger partial charge in [-0.05, 0) is 73.8 Å². The van der Waals surface area contributed by atoms with Gasteiger partial charge in [0.15, 0.2) is 6.61 Å². The molecule has 2 N–H and O–H groups in total. The van der Waals surface area contributed by atoms with Crippen LogP contribution in [0.1, 0.15) is 54.4 Å². The third kappa shape index (κ3) is 4.96. The number of carbonyl (C=O) groups excluding carboxylic acids is 2. The van der Waals surface area contributed by atoms with Gasteiger partial charge in [-0.1, -0.05) is 12.1 Å². The van der Waals surface area contributed by atoms with Crippen LogP contribution in [0.5, 0.6) is 0 Å². The summed E-state index contributed by atoms with van der Waals surface area (Å²) in [7, 11) is 0. The minimum absolute atomic E-state index is 0.184. The fourth-order valence-corrected chi connectivity index (χ4v) is 6.94. The summed E-state index contributed by atoms with van der Waals surface area (Å²) in [6, 6.07) is 7.55. The van der Waals surface area contributed by atoms with Crippen LogP contribution in [0.15, 0.2) is 24.3 Å². The van der Waals surface area contributed by atoms with E-state index < -0.39 is 5.97 Å². The number of hydrogen-bond donors (Lipinski definition) is 2. The first-order chi connectivity index (χ1) is 15.1. The number of amides is 1. The van der Waals surface area contributed by atoms with Crippen molar-refractivity contribution in [2.24, 2.45) is 23.2 Å². The number of carbonyl (C=O) groups is 2. The largest absolute Gasteiger partial charge is 0.452 e. The molecule has 31 heavy (non-hydrogen) atoms. The summed E-state index contributed by atoms with van der Waals surface area (Å²) in [6.45, 7) is 5.13. The van der Waals surface area contributed by atoms with E-state index in [1.54, 1.807) is 12.1 Å². The molecule has 6 nitrogen and oxygen atoms in total. The highest BCUT2D eigenvalue weighted by atomic mass is 16.5. The molecule has 1 amide bonds. The molecular weight excluding hydrogens is 392 g/mol. The van der Waals surface area contributed by atoms with Gasteiger partial charge in [0, 0.05) is 12.1 Å². The van der Waals surface area contributed by atoms with Crippen molar-refractivity contribution in [3.63, 3.8) is 0 Å². The van der Waals surface area contributed by atoms with Crippen LogP contribution in [-0.4, -0.2) is 51.3 Å². The van der Waals surface area contributed by atoms with E-state index in [4.69, 9.17) is 9.47 Å². The molecule has 4 bridgehead atoms. The summed E-state index contributed by atoms with van der Waals surface area (Å²) in [5.74, 6) is 1.99. The van der Waals surface area contributed by atoms with Gasteiger partial charge in [0.25, 0.3) is 5.91 Å². The molecular formula is C25H35N2O4+. The van der Waals surface area contributed by atoms with Crippen molar-refractivity contribution in [3.8, 4) is 0 Å². The number of ether oxygens (including phenoxy) is 2. The summed E-state index contributed by atoms with van der Waals surface area (Å²) in [5.41, 5.74) is 1.99. The lowest BCUT2D eigenvalue weighted by atomic mass is 9.49. The molecule has 5 aliphatic rings. The number of quaternary nitrogens is 1. The van der Waals surface area contributed by atoms with Crippen molar-refractivity contribution in [2.75, 3.05) is 39.5 Å². The van der Waals surface area contributed by atoms with Gasteiger partial charge in [0.05, 0.1) is 18.8 Å². The summed E-state index contributed by atoms with van der Waals surface area (Å²) in [4.78, 5) is 26.2. The molecule has 0 spiro atoms. The molecule has 0 aromatic heterocycles. The van der Waals surface area contributed by atoms with Crippen LogP contribution in [0.2, 0.25) is 0 Å². The molecule has 1 saturated heterocycles. The van der Waals surface area contributed by atoms with Gasteiger partial charge in [-0.3, -0.25) is 4.79 Å². The Kier molecular flexibility index (Phi) is 6.02. The minimum atomic E-state index is -0.435. The highest BCUT2D eigenvalue weighted by molar-refractivity contribution is 5.91. The lowest BCUT2D eigenvalue weighted by molar-refractivity contribution is -0.921. The fraction of sp³-hybridized carbons (Fsp3) is 0.680. The fourth-order valence-electron chi connectivity index (χ4n) is 6.94. The molecule has 1 aromatic rings. The highest BCUT2D eigenvalue weighted by Crippen LogP contribution is 2.59. The monoisotopic (exact) mass is 427 g/mol. The van der Waals surface area contributed by atoms with Crippen molar-refractivity contribution < 1.29 is 24.0 Å². The molecule has 4 saturated carbocycles. The zero-order valence-electron chi connectivity index (χ0n) is 18.4. The van der Waals surface area contributed by atoms with E-state index in [1.165, 1.54) is 49.0 Å². The topological polar surface area (TPSA) is 69.1 Å². The molecule has 5 fully saturated rings. The standard InChI is InChI=1S/C25H34N2O4/c28-23(26-17-25-12-19-9-20(13-25)11-21(10-19)14-25)16-31-24(29)22-3-1-18(2-4-22)15-27-5-7-30-8-6-27/h1-4,19-21H,5-17H2,(H,26,28)/p+1. The van der Waals surface area contributed by atoms with Crippen LogP contribution >= 0.6 is 0 Å². The normalized spacial score (nSPS) is 32.1. The van der Waals surface area contributed by atoms with Gasteiger partial charge < -0.3 is 19.7 Å². The molecule has 6 heteroatoms. The molecule has 0 radical (unpaired) electrons. The van der Waals surface area contributed by atoms with Crippen molar-refractivity contribution in [2.45, 2.75) is 45.1 Å². The van der Waals surface area contributed by atoms with Gasteiger partial charge in [-0.25, -0.2) is 4.79 Å². The second kappa shape index (κ2) is 8.91. The maximum Gasteiger partial charge on any atom is 0.338 e. The number of morpholine rings is 1. The molecule has 4 aliphatic carbocycles. The number of rotatable bonds is 7. The van der Waals surface area contributed by atoms with E-state index >= 15 is 0 Å². The summed E-state index contributed by atoms with van der Waals surface area (Å²) in [6.07, 6.45) is 7.98. The highest BCUT2D eigenvalue weighted by Gasteiger charge is 2.50. The summed E-state index contributed by atoms with van der Waals surface area (Å²) in [5, 5.41) is 3.07. The third-order valence-corrected chi connectivity index (χ3v) is 8.00. The van der Waals surface area contributed by atoms with Crippen LogP contribution in [0, 0.1) is 23.2 Å². The molecule has 1 heterocycles. The Labute approximate surface area is 184 Å². The summed E-state index contributed by atoms with van der Waals surface area (Å²) < 4.78 is 10.7. The number of hydrogen-bond acceptors (Lipinski definition) is 4. The summed E-state index contributed by atoms with van der Waals surface area (Å²) >= 11 is 0. The lowest BCUT2D eigenvalue weighted by Crippen LogP contribution is -3.12. The van der Waals surface area contributed by atoms with Crippen molar-refractivity contribution in [3.05, 3.63) is 35.4 Å². The van der Waals surface area contributed by atoms with E-state index in [9.17, 15) is 9.59 Å². The smallest absolute Gasteiger partial charge is 0.338 e. The zero-order chi connectivity index (χ0) is 21.3. The van der Waals surface area contributed by atoms with Crippen molar-refractivity contribution in [1.29, 1.82) is 0 Å². The van der Waals surface area contributed by atoms with Gasteiger partial charge in [-0.2, -0.15) is 0 Å². The van der Waals surface area contributed by atoms with E-state index in [-0.39, 0.29) is 12.5 Å². The molecule has 1 aromatic carbocycles. The maximum absolute atomic E-state index is 12.4. The average molecular weight is 428 g/mol. The van der Waals surface area contributed by atoms with E-state index in [0.29, 0.717) is 11.0 Å². The molecule has 168 valence electrons. The third-order valence-electron chi connectivity index (χ3n) is 8.00. The Morgan fingerprint density at radius 1 is 1.00 bits per heavy atom. The molecule has 6 rings (SSSR count). The SMILES string of the molecule is O=C(COC(=O)c1ccc(C[NH+]2CCOCC2)cc1)NCC12CC3CC(CC(C3)C1)C2. The predicted molar refractivity (Wildman–Crippen MR) is 116 cm³/mol. The first-order valence-electron chi connectivity index (χ1n) is 12.0. The maximum atomic E-state index is 12.4. The predicted octanol–water partition coefficient (Wildman–Crippen LogP) is 1.59. The molecule has 0 unspecified atom stereocenters. The quantitative estimate of drug-likeness (QED) is 0.649. The minimum Gasteiger partial charge on any atom is -0.452 e. The Bertz CT molecular complexity index is 765. The average Bonchev–Trinajstić information content (AvgIpc) is 2.76. The van der Waals surface area contributed by atoms with Gasteiger partial charge in [0.1, 0.15) is 19.6 Å². The number of nitrogens with one attached hydrogen (secondary N) is 2. The number of benzene rings is 1. The molecule has 0 atom stereocenters. The second-order valence-corrected chi connectivity index (χ2v) is 10.5. The second-order valence-electron chi connectivity index (χ2n) is 10.5. The first-order valence-corrected chi connectivity index (χ1v) is 12.0. The van der Waals surface area contributed by atoms with Crippen LogP contribution in [0.25, 0.3) is 0 Å². The van der Waals surface area contributed by atoms with Crippen molar-refractivity contribution >= 4 is 11.9 Å². The Hall–Kier alpha value is -1.92. The van der Waals surface area contributed by atoms with Gasteiger partial charge >= 0.3 is 5.97 Å². The van der Waals surface area contributed by atoms with Crippen molar-refractivity contribution in [1.82, 2.24) is 5.32 Å². The zero-order valence-corrected chi connectivity index (χ0v) is 18.4. The Morgan fingerprint density at radius 3 is 2.23 bits per heavy atom. The van der Waals surface area contributed by atoms with E-state index in [2.05, 4.69) is 5.32 Å². The first kappa shape index (κ1) is 21.0. The van der Waals surface area contributed by atoms with E-state index in [1.807, 2.05) is 12.1 Å². The Balaban J connectivity index is 1.06. The van der Waals surface area contributed by atoms with E-state index in [0.717, 1.165) is 57.1 Å². The van der Waals surface area contributed by atoms with Crippen LogP contribution in [0.3, 0.4) is 0 Å². The van der Waals surface area contributed by atoms with Crippen LogP contribution in [0.4, 0.5) is 0 Å².